The van der Waals surface area contributed by atoms with Gasteiger partial charge in [0.2, 0.25) is 11.0 Å². The first-order chi connectivity index (χ1) is 8.37. The maximum absolute atomic E-state index is 11.8. The Morgan fingerprint density at radius 2 is 2.17 bits per heavy atom. The molecule has 0 aliphatic carbocycles. The number of anilines is 1. The number of nitrogens with one attached hydrogen (secondary N) is 1. The molecule has 6 nitrogen and oxygen atoms in total. The smallest absolute Gasteiger partial charge is 0.230 e. The maximum Gasteiger partial charge on any atom is 0.230 e. The van der Waals surface area contributed by atoms with Crippen molar-refractivity contribution in [3.05, 3.63) is 5.01 Å². The molecule has 0 bridgehead atoms. The van der Waals surface area contributed by atoms with Crippen LogP contribution in [-0.2, 0) is 14.6 Å². The van der Waals surface area contributed by atoms with E-state index in [1.54, 1.807) is 0 Å². The van der Waals surface area contributed by atoms with Gasteiger partial charge in [0.1, 0.15) is 5.01 Å². The summed E-state index contributed by atoms with van der Waals surface area (Å²) in [4.78, 5) is 11.8. The van der Waals surface area contributed by atoms with E-state index in [2.05, 4.69) is 15.5 Å². The van der Waals surface area contributed by atoms with E-state index in [1.165, 1.54) is 11.3 Å². The fourth-order valence-electron chi connectivity index (χ4n) is 1.73. The molecule has 0 unspecified atom stereocenters. The fourth-order valence-corrected chi connectivity index (χ4v) is 4.22. The second kappa shape index (κ2) is 4.93. The first-order valence-electron chi connectivity index (χ1n) is 5.72. The summed E-state index contributed by atoms with van der Waals surface area (Å²) in [6.07, 6.45) is 0.393. The van der Waals surface area contributed by atoms with E-state index in [0.717, 1.165) is 5.01 Å². The summed E-state index contributed by atoms with van der Waals surface area (Å²) >= 11 is 1.32. The number of sulfone groups is 1. The zero-order valence-electron chi connectivity index (χ0n) is 10.2. The van der Waals surface area contributed by atoms with Crippen molar-refractivity contribution in [3.8, 4) is 0 Å². The summed E-state index contributed by atoms with van der Waals surface area (Å²) in [6.45, 7) is 3.99. The molecule has 8 heteroatoms. The Kier molecular flexibility index (Phi) is 3.67. The van der Waals surface area contributed by atoms with Crippen molar-refractivity contribution >= 4 is 32.2 Å². The molecule has 1 aromatic heterocycles. The third-order valence-electron chi connectivity index (χ3n) is 2.77. The van der Waals surface area contributed by atoms with E-state index < -0.39 is 15.8 Å². The molecule has 0 spiro atoms. The third-order valence-corrected chi connectivity index (χ3v) is 5.68. The number of hydrogen-bond donors (Lipinski definition) is 1. The predicted octanol–water partition coefficient (Wildman–Crippen LogP) is 1.03. The molecule has 1 saturated heterocycles. The second-order valence-corrected chi connectivity index (χ2v) is 7.93. The lowest BCUT2D eigenvalue weighted by atomic mass is 10.1. The van der Waals surface area contributed by atoms with Gasteiger partial charge in [0.25, 0.3) is 0 Å². The SMILES string of the molecule is CC(C)c1nnc(NC(=O)[C@H]2CCS(=O)(=O)C2)s1. The van der Waals surface area contributed by atoms with Crippen LogP contribution in [0.2, 0.25) is 0 Å². The largest absolute Gasteiger partial charge is 0.300 e. The molecule has 2 rings (SSSR count). The Bertz CT molecular complexity index is 550. The average molecular weight is 289 g/mol. The normalized spacial score (nSPS) is 22.3. The zero-order chi connectivity index (χ0) is 13.3. The van der Waals surface area contributed by atoms with E-state index in [4.69, 9.17) is 0 Å². The molecule has 1 fully saturated rings. The molecule has 1 atom stereocenters. The Morgan fingerprint density at radius 3 is 2.67 bits per heavy atom. The number of hydrogen-bond acceptors (Lipinski definition) is 6. The molecule has 0 saturated carbocycles. The van der Waals surface area contributed by atoms with E-state index >= 15 is 0 Å². The Hall–Kier alpha value is -1.02. The van der Waals surface area contributed by atoms with Gasteiger partial charge >= 0.3 is 0 Å². The van der Waals surface area contributed by atoms with Gasteiger partial charge in [0.05, 0.1) is 17.4 Å². The van der Waals surface area contributed by atoms with Crippen LogP contribution in [-0.4, -0.2) is 36.0 Å². The molecule has 1 amide bonds. The fraction of sp³-hybridized carbons (Fsp3) is 0.700. The third kappa shape index (κ3) is 3.05. The van der Waals surface area contributed by atoms with Crippen LogP contribution in [0.3, 0.4) is 0 Å². The van der Waals surface area contributed by atoms with Gasteiger partial charge in [0.15, 0.2) is 9.84 Å². The molecule has 1 aromatic rings. The minimum Gasteiger partial charge on any atom is -0.300 e. The van der Waals surface area contributed by atoms with E-state index in [-0.39, 0.29) is 23.3 Å². The van der Waals surface area contributed by atoms with E-state index in [0.29, 0.717) is 11.6 Å². The average Bonchev–Trinajstić information content (AvgIpc) is 2.84. The molecule has 0 radical (unpaired) electrons. The maximum atomic E-state index is 11.8. The molecule has 1 aliphatic heterocycles. The van der Waals surface area contributed by atoms with Crippen LogP contribution in [0, 0.1) is 5.92 Å². The highest BCUT2D eigenvalue weighted by Crippen LogP contribution is 2.24. The van der Waals surface area contributed by atoms with E-state index in [1.807, 2.05) is 13.8 Å². The number of aromatic nitrogens is 2. The van der Waals surface area contributed by atoms with Crippen molar-refractivity contribution in [2.24, 2.45) is 5.92 Å². The first-order valence-corrected chi connectivity index (χ1v) is 8.36. The van der Waals surface area contributed by atoms with Crippen LogP contribution in [0.1, 0.15) is 31.2 Å². The van der Waals surface area contributed by atoms with Gasteiger partial charge < -0.3 is 5.32 Å². The van der Waals surface area contributed by atoms with Crippen LogP contribution in [0.4, 0.5) is 5.13 Å². The molecule has 18 heavy (non-hydrogen) atoms. The first kappa shape index (κ1) is 13.4. The van der Waals surface area contributed by atoms with Gasteiger partial charge in [-0.3, -0.25) is 4.79 Å². The highest BCUT2D eigenvalue weighted by atomic mass is 32.2. The lowest BCUT2D eigenvalue weighted by Crippen LogP contribution is -2.23. The number of carbonyl (C=O) groups excluding carboxylic acids is 1. The minimum absolute atomic E-state index is 0.0608. The lowest BCUT2D eigenvalue weighted by Gasteiger charge is -2.05. The quantitative estimate of drug-likeness (QED) is 0.898. The minimum atomic E-state index is -3.03. The van der Waals surface area contributed by atoms with Gasteiger partial charge in [-0.2, -0.15) is 0 Å². The highest BCUT2D eigenvalue weighted by molar-refractivity contribution is 7.91. The van der Waals surface area contributed by atoms with Gasteiger partial charge in [-0.1, -0.05) is 25.2 Å². The Labute approximate surface area is 110 Å². The van der Waals surface area contributed by atoms with Crippen molar-refractivity contribution in [3.63, 3.8) is 0 Å². The van der Waals surface area contributed by atoms with Crippen LogP contribution < -0.4 is 5.32 Å². The van der Waals surface area contributed by atoms with Crippen molar-refractivity contribution < 1.29 is 13.2 Å². The van der Waals surface area contributed by atoms with Crippen molar-refractivity contribution in [1.29, 1.82) is 0 Å². The lowest BCUT2D eigenvalue weighted by molar-refractivity contribution is -0.119. The molecular formula is C10H15N3O3S2. The summed E-state index contributed by atoms with van der Waals surface area (Å²) in [5, 5.41) is 11.8. The van der Waals surface area contributed by atoms with Crippen molar-refractivity contribution in [1.82, 2.24) is 10.2 Å². The Balaban J connectivity index is 1.99. The van der Waals surface area contributed by atoms with Gasteiger partial charge in [-0.25, -0.2) is 8.42 Å². The second-order valence-electron chi connectivity index (χ2n) is 4.69. The van der Waals surface area contributed by atoms with E-state index in [9.17, 15) is 13.2 Å². The molecule has 1 aliphatic rings. The summed E-state index contributed by atoms with van der Waals surface area (Å²) in [5.74, 6) is -0.434. The van der Waals surface area contributed by atoms with Crippen LogP contribution >= 0.6 is 11.3 Å². The summed E-state index contributed by atoms with van der Waals surface area (Å²) in [6, 6.07) is 0. The van der Waals surface area contributed by atoms with Gasteiger partial charge in [0, 0.05) is 5.92 Å². The van der Waals surface area contributed by atoms with Gasteiger partial charge in [-0.15, -0.1) is 10.2 Å². The number of nitrogens with zero attached hydrogens (tertiary/aromatic N) is 2. The zero-order valence-corrected chi connectivity index (χ0v) is 11.8. The molecule has 0 aromatic carbocycles. The molecule has 1 N–H and O–H groups in total. The number of carbonyl (C=O) groups is 1. The standard InChI is InChI=1S/C10H15N3O3S2/c1-6(2)9-12-13-10(17-9)11-8(14)7-3-4-18(15,16)5-7/h6-7H,3-5H2,1-2H3,(H,11,13,14)/t7-/m0/s1. The molecular weight excluding hydrogens is 274 g/mol. The summed E-state index contributed by atoms with van der Waals surface area (Å²) in [7, 11) is -3.03. The monoisotopic (exact) mass is 289 g/mol. The van der Waals surface area contributed by atoms with Gasteiger partial charge in [-0.05, 0) is 6.42 Å². The van der Waals surface area contributed by atoms with Crippen LogP contribution in [0.25, 0.3) is 0 Å². The summed E-state index contributed by atoms with van der Waals surface area (Å²) in [5.41, 5.74) is 0. The topological polar surface area (TPSA) is 89.0 Å². The predicted molar refractivity (Wildman–Crippen MR) is 69.4 cm³/mol. The number of rotatable bonds is 3. The molecule has 2 heterocycles. The summed E-state index contributed by atoms with van der Waals surface area (Å²) < 4.78 is 22.6. The Morgan fingerprint density at radius 1 is 1.44 bits per heavy atom. The number of amides is 1. The highest BCUT2D eigenvalue weighted by Gasteiger charge is 2.33. The molecule has 100 valence electrons. The van der Waals surface area contributed by atoms with Crippen molar-refractivity contribution in [2.45, 2.75) is 26.2 Å². The van der Waals surface area contributed by atoms with Crippen molar-refractivity contribution in [2.75, 3.05) is 16.8 Å². The van der Waals surface area contributed by atoms with Crippen LogP contribution in [0.15, 0.2) is 0 Å². The van der Waals surface area contributed by atoms with Crippen LogP contribution in [0.5, 0.6) is 0 Å².